The summed E-state index contributed by atoms with van der Waals surface area (Å²) in [4.78, 5) is 0. The Morgan fingerprint density at radius 3 is 0.923 bits per heavy atom. The molecule has 0 aliphatic heterocycles. The van der Waals surface area contributed by atoms with Crippen molar-refractivity contribution in [3.8, 4) is 0 Å². The molecule has 0 heterocycles. The molecule has 0 aliphatic carbocycles. The number of alkyl halides is 9. The number of nitrogens with zero attached hydrogens (tertiary/aromatic N) is 1. The Kier molecular flexibility index (Phi) is 6.62. The van der Waals surface area contributed by atoms with Crippen molar-refractivity contribution in [1.82, 2.24) is 0 Å². The van der Waals surface area contributed by atoms with Gasteiger partial charge < -0.3 is 5.32 Å². The van der Waals surface area contributed by atoms with E-state index in [1.165, 1.54) is 0 Å². The van der Waals surface area contributed by atoms with Gasteiger partial charge in [-0.25, -0.2) is 22.0 Å². The normalized spacial score (nSPS) is 13.5. The van der Waals surface area contributed by atoms with Crippen LogP contribution in [0.25, 0.3) is 5.32 Å². The van der Waals surface area contributed by atoms with Gasteiger partial charge in [0.25, 0.3) is 0 Å². The van der Waals surface area contributed by atoms with Crippen molar-refractivity contribution in [3.05, 3.63) is 34.4 Å². The van der Waals surface area contributed by atoms with Gasteiger partial charge in [0.2, 0.25) is 0 Å². The Hall–Kier alpha value is -1.36. The maximum Gasteiger partial charge on any atom is 1.00 e. The summed E-state index contributed by atoms with van der Waals surface area (Å²) in [6.07, 6.45) is -22.2. The zero-order valence-electron chi connectivity index (χ0n) is 11.7. The number of hydrogen-bond donors (Lipinski definition) is 0. The minimum absolute atomic E-state index is 0. The Labute approximate surface area is 145 Å². The average Bonchev–Trinajstić information content (AvgIpc) is 2.38. The Morgan fingerprint density at radius 1 is 0.462 bits per heavy atom. The standard InChI is InChI=1S/C10F14N.Li/c11-1-2(12)4(14)6(5(15)3(1)13)25-7(8(16,17)18,9(19,20)21)10(22,23)24;/q-1;+1. The molecule has 1 nitrogen and oxygen atoms in total. The summed E-state index contributed by atoms with van der Waals surface area (Å²) in [6.45, 7) is 0. The molecule has 0 bridgehead atoms. The zero-order chi connectivity index (χ0) is 20.2. The van der Waals surface area contributed by atoms with Crippen molar-refractivity contribution in [2.24, 2.45) is 0 Å². The van der Waals surface area contributed by atoms with E-state index in [2.05, 4.69) is 0 Å². The summed E-state index contributed by atoms with van der Waals surface area (Å²) in [5.74, 6) is -16.0. The fourth-order valence-electron chi connectivity index (χ4n) is 1.53. The molecule has 0 aromatic heterocycles. The van der Waals surface area contributed by atoms with Crippen LogP contribution < -0.4 is 18.9 Å². The average molecular weight is 407 g/mol. The van der Waals surface area contributed by atoms with Crippen LogP contribution in [0.3, 0.4) is 0 Å². The maximum atomic E-state index is 13.2. The molecular weight excluding hydrogens is 407 g/mol. The maximum absolute atomic E-state index is 13.2. The van der Waals surface area contributed by atoms with Gasteiger partial charge in [-0.1, -0.05) is 5.69 Å². The fourth-order valence-corrected chi connectivity index (χ4v) is 1.53. The Balaban J connectivity index is 0.00000625. The van der Waals surface area contributed by atoms with Crippen LogP contribution in [0.2, 0.25) is 0 Å². The number of rotatable bonds is 2. The molecule has 0 atom stereocenters. The number of halogens is 14. The van der Waals surface area contributed by atoms with E-state index in [9.17, 15) is 61.5 Å². The van der Waals surface area contributed by atoms with Gasteiger partial charge in [0.1, 0.15) is 11.6 Å². The zero-order valence-corrected chi connectivity index (χ0v) is 11.7. The third-order valence-electron chi connectivity index (χ3n) is 2.70. The van der Waals surface area contributed by atoms with Crippen LogP contribution >= 0.6 is 0 Å². The van der Waals surface area contributed by atoms with Crippen molar-refractivity contribution >= 4 is 5.69 Å². The summed E-state index contributed by atoms with van der Waals surface area (Å²) in [5.41, 5.74) is -10.4. The second-order valence-electron chi connectivity index (χ2n) is 4.23. The van der Waals surface area contributed by atoms with Crippen molar-refractivity contribution < 1.29 is 80.3 Å². The molecule has 0 spiro atoms. The SMILES string of the molecule is Fc1c(F)c(F)c([N-]C(C(F)(F)F)(C(F)(F)F)C(F)(F)F)c(F)c1F.[Li+]. The quantitative estimate of drug-likeness (QED) is 0.310. The number of hydrogen-bond acceptors (Lipinski definition) is 0. The van der Waals surface area contributed by atoms with Gasteiger partial charge in [-0.2, -0.15) is 39.5 Å². The van der Waals surface area contributed by atoms with E-state index in [1.54, 1.807) is 0 Å². The van der Waals surface area contributed by atoms with Gasteiger partial charge in [0, 0.05) is 0 Å². The molecule has 0 radical (unpaired) electrons. The van der Waals surface area contributed by atoms with Crippen LogP contribution in [0.1, 0.15) is 0 Å². The predicted molar refractivity (Wildman–Crippen MR) is 50.1 cm³/mol. The molecule has 16 heteroatoms. The van der Waals surface area contributed by atoms with E-state index >= 15 is 0 Å². The van der Waals surface area contributed by atoms with E-state index in [0.29, 0.717) is 0 Å². The van der Waals surface area contributed by atoms with E-state index in [-0.39, 0.29) is 18.9 Å². The summed E-state index contributed by atoms with van der Waals surface area (Å²) < 4.78 is 178. The van der Waals surface area contributed by atoms with Gasteiger partial charge in [-0.3, -0.25) is 0 Å². The molecule has 0 saturated carbocycles. The third kappa shape index (κ3) is 3.55. The van der Waals surface area contributed by atoms with E-state index in [1.807, 2.05) is 0 Å². The predicted octanol–water partition coefficient (Wildman–Crippen LogP) is 2.82. The first-order chi connectivity index (χ1) is 10.9. The van der Waals surface area contributed by atoms with Gasteiger partial charge in [0.05, 0.1) is 0 Å². The van der Waals surface area contributed by atoms with Gasteiger partial charge >= 0.3 is 37.4 Å². The fraction of sp³-hybridized carbons (Fsp3) is 0.400. The van der Waals surface area contributed by atoms with Crippen LogP contribution in [-0.2, 0) is 0 Å². The number of benzene rings is 1. The minimum atomic E-state index is -7.39. The molecule has 1 aromatic rings. The Morgan fingerprint density at radius 2 is 0.692 bits per heavy atom. The van der Waals surface area contributed by atoms with E-state index in [0.717, 1.165) is 5.32 Å². The molecule has 0 unspecified atom stereocenters. The van der Waals surface area contributed by atoms with Crippen LogP contribution in [0.5, 0.6) is 0 Å². The van der Waals surface area contributed by atoms with Crippen LogP contribution in [0, 0.1) is 29.1 Å². The summed E-state index contributed by atoms with van der Waals surface area (Å²) in [7, 11) is 0. The van der Waals surface area contributed by atoms with Crippen LogP contribution in [-0.4, -0.2) is 24.1 Å². The van der Waals surface area contributed by atoms with Gasteiger partial charge in [-0.05, 0) is 0 Å². The molecular formula is C10F14LiN. The minimum Gasteiger partial charge on any atom is -0.652 e. The molecule has 0 amide bonds. The molecule has 1 aromatic carbocycles. The second-order valence-corrected chi connectivity index (χ2v) is 4.23. The molecule has 26 heavy (non-hydrogen) atoms. The topological polar surface area (TPSA) is 14.1 Å². The summed E-state index contributed by atoms with van der Waals surface area (Å²) in [5, 5.41) is 0.894. The molecule has 0 saturated heterocycles. The monoisotopic (exact) mass is 407 g/mol. The first-order valence-corrected chi connectivity index (χ1v) is 5.34. The van der Waals surface area contributed by atoms with Crippen molar-refractivity contribution in [3.63, 3.8) is 0 Å². The largest absolute Gasteiger partial charge is 1.00 e. The summed E-state index contributed by atoms with van der Waals surface area (Å²) >= 11 is 0. The van der Waals surface area contributed by atoms with Gasteiger partial charge in [-0.15, -0.1) is 0 Å². The van der Waals surface area contributed by atoms with Gasteiger partial charge in [0.15, 0.2) is 23.0 Å². The second kappa shape index (κ2) is 6.99. The van der Waals surface area contributed by atoms with Crippen molar-refractivity contribution in [2.45, 2.75) is 24.1 Å². The molecule has 0 N–H and O–H groups in total. The Bertz CT molecular complexity index is 607. The third-order valence-corrected chi connectivity index (χ3v) is 2.70. The van der Waals surface area contributed by atoms with E-state index < -0.39 is 58.8 Å². The smallest absolute Gasteiger partial charge is 0.652 e. The molecule has 144 valence electrons. The van der Waals surface area contributed by atoms with Crippen LogP contribution in [0.4, 0.5) is 67.2 Å². The summed E-state index contributed by atoms with van der Waals surface area (Å²) in [6, 6.07) is 0. The van der Waals surface area contributed by atoms with E-state index in [4.69, 9.17) is 0 Å². The first kappa shape index (κ1) is 24.6. The molecule has 0 aliphatic rings. The van der Waals surface area contributed by atoms with Crippen LogP contribution in [0.15, 0.2) is 0 Å². The molecule has 0 fully saturated rings. The first-order valence-electron chi connectivity index (χ1n) is 5.34. The van der Waals surface area contributed by atoms with Crippen molar-refractivity contribution in [2.75, 3.05) is 0 Å². The van der Waals surface area contributed by atoms with Crippen molar-refractivity contribution in [1.29, 1.82) is 0 Å². The molecule has 1 rings (SSSR count).